The molecule has 2 aromatic heterocycles. The van der Waals surface area contributed by atoms with Crippen molar-refractivity contribution in [2.75, 3.05) is 37.6 Å². The van der Waals surface area contributed by atoms with Gasteiger partial charge in [-0.2, -0.15) is 0 Å². The number of anilines is 1. The molecule has 3 heterocycles. The summed E-state index contributed by atoms with van der Waals surface area (Å²) in [6.45, 7) is 9.10. The number of nitrogens with zero attached hydrogens (tertiary/aromatic N) is 4. The number of rotatable bonds is 6. The number of hydrogen-bond donors (Lipinski definition) is 1. The Bertz CT molecular complexity index is 913. The Hall–Kier alpha value is -2.70. The second-order valence-electron chi connectivity index (χ2n) is 7.90. The molecule has 29 heavy (non-hydrogen) atoms. The normalized spacial score (nSPS) is 16.2. The van der Waals surface area contributed by atoms with Crippen molar-refractivity contribution in [2.45, 2.75) is 26.3 Å². The van der Waals surface area contributed by atoms with E-state index in [1.54, 1.807) is 12.5 Å². The van der Waals surface area contributed by atoms with Crippen molar-refractivity contribution in [1.82, 2.24) is 14.9 Å². The zero-order valence-corrected chi connectivity index (χ0v) is 17.2. The summed E-state index contributed by atoms with van der Waals surface area (Å²) in [4.78, 5) is 14.4. The largest absolute Gasteiger partial charge is 0.472 e. The standard InChI is InChI=1S/C23H29N5O/c1-17-3-5-19(6-4-17)22-21(20-8-14-29-16-20)15-25-23(26-22)28-12-10-27(11-13-28)9-7-18(2)24/h3-6,8,14-16,18H,7,9-13,24H2,1-2H3/t18-/m0/s1. The second kappa shape index (κ2) is 8.76. The zero-order chi connectivity index (χ0) is 20.2. The number of hydrogen-bond acceptors (Lipinski definition) is 6. The third-order valence-electron chi connectivity index (χ3n) is 5.49. The molecule has 0 unspecified atom stereocenters. The van der Waals surface area contributed by atoms with E-state index in [-0.39, 0.29) is 6.04 Å². The fraction of sp³-hybridized carbons (Fsp3) is 0.391. The van der Waals surface area contributed by atoms with Crippen molar-refractivity contribution in [3.05, 3.63) is 54.6 Å². The lowest BCUT2D eigenvalue weighted by Crippen LogP contribution is -2.47. The molecule has 3 aromatic rings. The van der Waals surface area contributed by atoms with E-state index in [1.807, 2.05) is 12.3 Å². The van der Waals surface area contributed by atoms with Gasteiger partial charge in [0, 0.05) is 55.1 Å². The van der Waals surface area contributed by atoms with Gasteiger partial charge in [0.25, 0.3) is 0 Å². The van der Waals surface area contributed by atoms with E-state index in [9.17, 15) is 0 Å². The molecule has 0 saturated carbocycles. The predicted molar refractivity (Wildman–Crippen MR) is 117 cm³/mol. The highest BCUT2D eigenvalue weighted by molar-refractivity contribution is 5.80. The van der Waals surface area contributed by atoms with Crippen molar-refractivity contribution >= 4 is 5.95 Å². The molecule has 1 aliphatic heterocycles. The lowest BCUT2D eigenvalue weighted by atomic mass is 10.0. The number of aryl methyl sites for hydroxylation is 1. The Labute approximate surface area is 172 Å². The first kappa shape index (κ1) is 19.6. The molecule has 1 aromatic carbocycles. The SMILES string of the molecule is Cc1ccc(-c2nc(N3CCN(CC[C@H](C)N)CC3)ncc2-c2ccoc2)cc1. The van der Waals surface area contributed by atoms with Gasteiger partial charge in [-0.25, -0.2) is 9.97 Å². The summed E-state index contributed by atoms with van der Waals surface area (Å²) in [5.41, 5.74) is 11.1. The lowest BCUT2D eigenvalue weighted by molar-refractivity contribution is 0.249. The highest BCUT2D eigenvalue weighted by atomic mass is 16.3. The number of benzene rings is 1. The van der Waals surface area contributed by atoms with Crippen LogP contribution in [0.25, 0.3) is 22.4 Å². The van der Waals surface area contributed by atoms with Crippen LogP contribution in [-0.2, 0) is 0 Å². The molecule has 0 spiro atoms. The van der Waals surface area contributed by atoms with Gasteiger partial charge in [0.05, 0.1) is 18.2 Å². The first-order valence-electron chi connectivity index (χ1n) is 10.3. The molecule has 1 atom stereocenters. The van der Waals surface area contributed by atoms with Gasteiger partial charge in [-0.3, -0.25) is 4.90 Å². The third-order valence-corrected chi connectivity index (χ3v) is 5.49. The number of piperazine rings is 1. The molecular weight excluding hydrogens is 362 g/mol. The molecule has 1 fully saturated rings. The summed E-state index contributed by atoms with van der Waals surface area (Å²) >= 11 is 0. The van der Waals surface area contributed by atoms with E-state index >= 15 is 0 Å². The first-order chi connectivity index (χ1) is 14.1. The monoisotopic (exact) mass is 391 g/mol. The van der Waals surface area contributed by atoms with Gasteiger partial charge in [-0.05, 0) is 32.9 Å². The Kier molecular flexibility index (Phi) is 5.92. The summed E-state index contributed by atoms with van der Waals surface area (Å²) in [6, 6.07) is 10.7. The summed E-state index contributed by atoms with van der Waals surface area (Å²) in [5, 5.41) is 0. The van der Waals surface area contributed by atoms with Gasteiger partial charge in [-0.1, -0.05) is 29.8 Å². The summed E-state index contributed by atoms with van der Waals surface area (Å²) in [5.74, 6) is 0.791. The third kappa shape index (κ3) is 4.66. The molecule has 0 radical (unpaired) electrons. The van der Waals surface area contributed by atoms with E-state index in [4.69, 9.17) is 20.1 Å². The van der Waals surface area contributed by atoms with Crippen LogP contribution in [0, 0.1) is 6.92 Å². The average Bonchev–Trinajstić information content (AvgIpc) is 3.27. The van der Waals surface area contributed by atoms with Gasteiger partial charge in [0.2, 0.25) is 5.95 Å². The maximum atomic E-state index is 5.90. The molecular formula is C23H29N5O. The fourth-order valence-electron chi connectivity index (χ4n) is 3.64. The minimum atomic E-state index is 0.254. The van der Waals surface area contributed by atoms with Crippen LogP contribution < -0.4 is 10.6 Å². The molecule has 0 bridgehead atoms. The van der Waals surface area contributed by atoms with Crippen molar-refractivity contribution < 1.29 is 4.42 Å². The topological polar surface area (TPSA) is 71.4 Å². The van der Waals surface area contributed by atoms with Crippen LogP contribution in [0.5, 0.6) is 0 Å². The summed E-state index contributed by atoms with van der Waals surface area (Å²) < 4.78 is 5.30. The number of nitrogens with two attached hydrogens (primary N) is 1. The lowest BCUT2D eigenvalue weighted by Gasteiger charge is -2.35. The molecule has 6 heteroatoms. The zero-order valence-electron chi connectivity index (χ0n) is 17.2. The molecule has 0 aliphatic carbocycles. The van der Waals surface area contributed by atoms with E-state index in [0.29, 0.717) is 0 Å². The van der Waals surface area contributed by atoms with Gasteiger partial charge in [-0.15, -0.1) is 0 Å². The minimum Gasteiger partial charge on any atom is -0.472 e. The highest BCUT2D eigenvalue weighted by Crippen LogP contribution is 2.32. The molecule has 6 nitrogen and oxygen atoms in total. The number of aromatic nitrogens is 2. The van der Waals surface area contributed by atoms with E-state index in [1.165, 1.54) is 5.56 Å². The smallest absolute Gasteiger partial charge is 0.225 e. The van der Waals surface area contributed by atoms with Crippen molar-refractivity contribution in [1.29, 1.82) is 0 Å². The Balaban J connectivity index is 1.58. The van der Waals surface area contributed by atoms with Gasteiger partial charge in [0.15, 0.2) is 0 Å². The Morgan fingerprint density at radius 1 is 1.07 bits per heavy atom. The predicted octanol–water partition coefficient (Wildman–Crippen LogP) is 3.57. The van der Waals surface area contributed by atoms with E-state index in [2.05, 4.69) is 47.9 Å². The van der Waals surface area contributed by atoms with Crippen LogP contribution in [0.2, 0.25) is 0 Å². The van der Waals surface area contributed by atoms with Crippen LogP contribution in [-0.4, -0.2) is 53.6 Å². The Morgan fingerprint density at radius 3 is 2.48 bits per heavy atom. The fourth-order valence-corrected chi connectivity index (χ4v) is 3.64. The molecule has 152 valence electrons. The van der Waals surface area contributed by atoms with Crippen LogP contribution in [0.4, 0.5) is 5.95 Å². The maximum absolute atomic E-state index is 5.90. The Morgan fingerprint density at radius 2 is 1.83 bits per heavy atom. The molecule has 0 amide bonds. The highest BCUT2D eigenvalue weighted by Gasteiger charge is 2.21. The van der Waals surface area contributed by atoms with E-state index < -0.39 is 0 Å². The molecule has 4 rings (SSSR count). The van der Waals surface area contributed by atoms with Gasteiger partial charge in [0.1, 0.15) is 0 Å². The van der Waals surface area contributed by atoms with Crippen molar-refractivity contribution in [3.8, 4) is 22.4 Å². The average molecular weight is 392 g/mol. The molecule has 1 saturated heterocycles. The maximum Gasteiger partial charge on any atom is 0.225 e. The number of furan rings is 1. The van der Waals surface area contributed by atoms with Crippen LogP contribution in [0.3, 0.4) is 0 Å². The summed E-state index contributed by atoms with van der Waals surface area (Å²) in [7, 11) is 0. The molecule has 1 aliphatic rings. The van der Waals surface area contributed by atoms with Crippen LogP contribution in [0.1, 0.15) is 18.9 Å². The quantitative estimate of drug-likeness (QED) is 0.693. The van der Waals surface area contributed by atoms with Gasteiger partial charge >= 0.3 is 0 Å². The van der Waals surface area contributed by atoms with Gasteiger partial charge < -0.3 is 15.1 Å². The summed E-state index contributed by atoms with van der Waals surface area (Å²) in [6.07, 6.45) is 6.38. The van der Waals surface area contributed by atoms with Crippen molar-refractivity contribution in [3.63, 3.8) is 0 Å². The van der Waals surface area contributed by atoms with Crippen LogP contribution in [0.15, 0.2) is 53.5 Å². The minimum absolute atomic E-state index is 0.254. The van der Waals surface area contributed by atoms with Crippen LogP contribution >= 0.6 is 0 Å². The second-order valence-corrected chi connectivity index (χ2v) is 7.90. The van der Waals surface area contributed by atoms with Crippen molar-refractivity contribution in [2.24, 2.45) is 5.73 Å². The molecule has 2 N–H and O–H groups in total. The first-order valence-corrected chi connectivity index (χ1v) is 10.3. The van der Waals surface area contributed by atoms with E-state index in [0.717, 1.165) is 67.5 Å².